The first kappa shape index (κ1) is 29.3. The molecule has 0 rings (SSSR count). The Balaban J connectivity index is 4.60. The van der Waals surface area contributed by atoms with Gasteiger partial charge in [0.2, 0.25) is 0 Å². The number of phosphoric ester groups is 2. The highest BCUT2D eigenvalue weighted by Crippen LogP contribution is 2.36. The molecule has 10 N–H and O–H groups in total. The second-order valence-corrected chi connectivity index (χ2v) is 8.52. The van der Waals surface area contributed by atoms with E-state index in [4.69, 9.17) is 19.6 Å². The van der Waals surface area contributed by atoms with E-state index >= 15 is 0 Å². The maximum Gasteiger partial charge on any atom is 0.470 e. The Kier molecular flexibility index (Phi) is 12.1. The zero-order chi connectivity index (χ0) is 23.9. The van der Waals surface area contributed by atoms with E-state index in [2.05, 4.69) is 9.05 Å². The highest BCUT2D eigenvalue weighted by molar-refractivity contribution is 7.46. The molecular weight excluding hydrogens is 462 g/mol. The van der Waals surface area contributed by atoms with E-state index in [1.807, 2.05) is 0 Å². The van der Waals surface area contributed by atoms with Crippen molar-refractivity contribution in [3.63, 3.8) is 0 Å². The molecule has 16 nitrogen and oxygen atoms in total. The van der Waals surface area contributed by atoms with Gasteiger partial charge in [0.1, 0.15) is 37.6 Å². The maximum atomic E-state index is 11.5. The van der Waals surface area contributed by atoms with Gasteiger partial charge in [-0.15, -0.1) is 0 Å². The lowest BCUT2D eigenvalue weighted by molar-refractivity contribution is -0.144. The highest BCUT2D eigenvalue weighted by Gasteiger charge is 2.34. The molecule has 178 valence electrons. The van der Waals surface area contributed by atoms with Crippen LogP contribution in [0, 0.1) is 0 Å². The third-order valence-corrected chi connectivity index (χ3v) is 4.53. The Labute approximate surface area is 168 Å². The van der Waals surface area contributed by atoms with Crippen LogP contribution in [0.3, 0.4) is 0 Å². The molecule has 0 aromatic heterocycles. The van der Waals surface area contributed by atoms with Gasteiger partial charge in [-0.1, -0.05) is 0 Å². The van der Waals surface area contributed by atoms with Crippen LogP contribution in [0.25, 0.3) is 0 Å². The minimum atomic E-state index is -5.02. The van der Waals surface area contributed by atoms with Gasteiger partial charge in [0.05, 0.1) is 12.2 Å². The van der Waals surface area contributed by atoms with Crippen molar-refractivity contribution >= 4 is 27.2 Å². The summed E-state index contributed by atoms with van der Waals surface area (Å²) >= 11 is 0. The normalized spacial score (nSPS) is 18.9. The summed E-state index contributed by atoms with van der Waals surface area (Å²) in [7, 11) is -10.0. The van der Waals surface area contributed by atoms with Crippen molar-refractivity contribution in [2.75, 3.05) is 13.2 Å². The van der Waals surface area contributed by atoms with E-state index in [0.717, 1.165) is 0 Å². The highest BCUT2D eigenvalue weighted by atomic mass is 31.2. The lowest BCUT2D eigenvalue weighted by Crippen LogP contribution is -2.46. The smallest absolute Gasteiger partial charge is 0.390 e. The molecule has 0 aromatic rings. The van der Waals surface area contributed by atoms with Crippen molar-refractivity contribution in [3.05, 3.63) is 0 Å². The van der Waals surface area contributed by atoms with Crippen LogP contribution in [0.1, 0.15) is 12.8 Å². The molecule has 0 bridgehead atoms. The first-order chi connectivity index (χ1) is 13.5. The van der Waals surface area contributed by atoms with Gasteiger partial charge in [0.25, 0.3) is 0 Å². The van der Waals surface area contributed by atoms with E-state index < -0.39 is 89.9 Å². The number of carbonyl (C=O) groups is 2. The average molecular weight is 486 g/mol. The number of Topliss-reactive ketones (excluding diaryl/α,β-unsaturated/α-hetero) is 2. The third kappa shape index (κ3) is 11.6. The lowest BCUT2D eigenvalue weighted by Gasteiger charge is -2.25. The van der Waals surface area contributed by atoms with Crippen molar-refractivity contribution < 1.29 is 78.0 Å². The van der Waals surface area contributed by atoms with Crippen LogP contribution in [0.5, 0.6) is 0 Å². The predicted molar refractivity (Wildman–Crippen MR) is 91.3 cm³/mol. The molecule has 0 fully saturated rings. The van der Waals surface area contributed by atoms with E-state index in [9.17, 15) is 49.4 Å². The van der Waals surface area contributed by atoms with E-state index in [1.165, 1.54) is 0 Å². The Morgan fingerprint density at radius 3 is 1.13 bits per heavy atom. The van der Waals surface area contributed by atoms with Crippen LogP contribution in [0.15, 0.2) is 0 Å². The van der Waals surface area contributed by atoms with Crippen LogP contribution in [0.2, 0.25) is 0 Å². The summed E-state index contributed by atoms with van der Waals surface area (Å²) in [5.74, 6) is -2.76. The summed E-state index contributed by atoms with van der Waals surface area (Å²) in [6.07, 6.45) is -14.0. The van der Waals surface area contributed by atoms with Crippen molar-refractivity contribution in [1.82, 2.24) is 0 Å². The van der Waals surface area contributed by atoms with Gasteiger partial charge in [0.15, 0.2) is 11.6 Å². The van der Waals surface area contributed by atoms with Gasteiger partial charge in [-0.25, -0.2) is 9.13 Å². The van der Waals surface area contributed by atoms with E-state index in [-0.39, 0.29) is 0 Å². The molecule has 0 aromatic carbocycles. The van der Waals surface area contributed by atoms with Crippen LogP contribution in [-0.2, 0) is 27.8 Å². The molecular formula is C12H24O16P2. The molecule has 0 aliphatic heterocycles. The third-order valence-electron chi connectivity index (χ3n) is 3.60. The number of rotatable bonds is 15. The average Bonchev–Trinajstić information content (AvgIpc) is 2.64. The zero-order valence-electron chi connectivity index (χ0n) is 15.1. The lowest BCUT2D eigenvalue weighted by atomic mass is 9.96. The van der Waals surface area contributed by atoms with Crippen LogP contribution < -0.4 is 0 Å². The van der Waals surface area contributed by atoms with Gasteiger partial charge >= 0.3 is 15.6 Å². The number of phosphoric acid groups is 2. The summed E-state index contributed by atoms with van der Waals surface area (Å²) in [5.41, 5.74) is 0. The molecule has 0 heterocycles. The van der Waals surface area contributed by atoms with Crippen molar-refractivity contribution in [3.8, 4) is 0 Å². The fourth-order valence-corrected chi connectivity index (χ4v) is 2.54. The fraction of sp³-hybridized carbons (Fsp3) is 0.833. The van der Waals surface area contributed by atoms with Gasteiger partial charge in [-0.2, -0.15) is 0 Å². The Morgan fingerprint density at radius 2 is 0.900 bits per heavy atom. The fourth-order valence-electron chi connectivity index (χ4n) is 1.95. The molecule has 30 heavy (non-hydrogen) atoms. The van der Waals surface area contributed by atoms with Gasteiger partial charge < -0.3 is 50.2 Å². The monoisotopic (exact) mass is 486 g/mol. The van der Waals surface area contributed by atoms with Gasteiger partial charge in [-0.3, -0.25) is 18.6 Å². The molecule has 0 saturated heterocycles. The first-order valence-corrected chi connectivity index (χ1v) is 11.1. The van der Waals surface area contributed by atoms with Crippen LogP contribution >= 0.6 is 15.6 Å². The van der Waals surface area contributed by atoms with E-state index in [0.29, 0.717) is 0 Å². The molecule has 0 aliphatic carbocycles. The molecule has 0 amide bonds. The maximum absolute atomic E-state index is 11.5. The van der Waals surface area contributed by atoms with E-state index in [1.54, 1.807) is 0 Å². The zero-order valence-corrected chi connectivity index (χ0v) is 16.9. The standard InChI is InChI=1S/C12H24O16P2/c13-5(9(17)11(19)7(15)3-27-29(21,22)23)1-2-6(14)10(18)12(20)8(16)4-28-30(24,25)26/h5-6,9-14,17-20H,1-4H2,(H2,21,22,23)(H2,24,25,26). The quantitative estimate of drug-likeness (QED) is 0.0972. The Morgan fingerprint density at radius 1 is 0.633 bits per heavy atom. The number of hydrogen-bond acceptors (Lipinski definition) is 12. The number of aliphatic hydroxyl groups excluding tert-OH is 6. The Bertz CT molecular complexity index is 601. The van der Waals surface area contributed by atoms with Gasteiger partial charge in [-0.05, 0) is 12.8 Å². The van der Waals surface area contributed by atoms with Crippen molar-refractivity contribution in [1.29, 1.82) is 0 Å². The van der Waals surface area contributed by atoms with Crippen LogP contribution in [0.4, 0.5) is 0 Å². The van der Waals surface area contributed by atoms with Gasteiger partial charge in [0, 0.05) is 0 Å². The number of carbonyl (C=O) groups excluding carboxylic acids is 2. The summed E-state index contributed by atoms with van der Waals surface area (Å²) < 4.78 is 28.6. The predicted octanol–water partition coefficient (Wildman–Crippen LogP) is -4.71. The largest absolute Gasteiger partial charge is 0.470 e. The first-order valence-electron chi connectivity index (χ1n) is 8.00. The summed E-state index contributed by atoms with van der Waals surface area (Å²) in [6, 6.07) is 0. The molecule has 0 saturated carbocycles. The molecule has 18 heteroatoms. The van der Waals surface area contributed by atoms with Crippen molar-refractivity contribution in [2.24, 2.45) is 0 Å². The second kappa shape index (κ2) is 12.4. The molecule has 0 spiro atoms. The number of ketones is 2. The van der Waals surface area contributed by atoms with Crippen molar-refractivity contribution in [2.45, 2.75) is 49.5 Å². The number of hydrogen-bond donors (Lipinski definition) is 10. The molecule has 0 radical (unpaired) electrons. The SMILES string of the molecule is O=C(COP(=O)(O)O)C(O)C(O)C(O)CCC(O)C(O)C(O)C(=O)COP(=O)(O)O. The summed E-state index contributed by atoms with van der Waals surface area (Å²) in [5, 5.41) is 57.9. The minimum absolute atomic E-state index is 0.594. The molecule has 6 atom stereocenters. The second-order valence-electron chi connectivity index (χ2n) is 6.04. The van der Waals surface area contributed by atoms with Crippen LogP contribution in [-0.4, -0.2) is 112 Å². The topological polar surface area (TPSA) is 289 Å². The minimum Gasteiger partial charge on any atom is -0.390 e. The molecule has 6 unspecified atom stereocenters. The summed E-state index contributed by atoms with van der Waals surface area (Å²) in [4.78, 5) is 56.7. The Hall–Kier alpha value is -0.680. The number of aliphatic hydroxyl groups is 6. The molecule has 0 aliphatic rings. The summed E-state index contributed by atoms with van der Waals surface area (Å²) in [6.45, 7) is -2.55.